The molecular weight excluding hydrogens is 172 g/mol. The smallest absolute Gasteiger partial charge is 0.174 e. The summed E-state index contributed by atoms with van der Waals surface area (Å²) in [6, 6.07) is 5.58. The third kappa shape index (κ3) is 1.01. The fourth-order valence-corrected chi connectivity index (χ4v) is 2.32. The van der Waals surface area contributed by atoms with Crippen LogP contribution < -0.4 is 4.74 Å². The molecule has 1 heterocycles. The molecule has 0 bridgehead atoms. The van der Waals surface area contributed by atoms with Crippen LogP contribution in [0.25, 0.3) is 0 Å². The van der Waals surface area contributed by atoms with Crippen LogP contribution in [0.5, 0.6) is 5.75 Å². The van der Waals surface area contributed by atoms with Gasteiger partial charge in [-0.15, -0.1) is 11.8 Å². The number of hydrogen-bond donors (Lipinski definition) is 0. The molecule has 0 aliphatic carbocycles. The molecule has 1 aromatic carbocycles. The number of carbonyl (C=O) groups excluding carboxylic acids is 1. The van der Waals surface area contributed by atoms with E-state index in [9.17, 15) is 4.79 Å². The molecule has 0 unspecified atom stereocenters. The van der Waals surface area contributed by atoms with Crippen LogP contribution in [0.15, 0.2) is 23.1 Å². The zero-order chi connectivity index (χ0) is 8.55. The van der Waals surface area contributed by atoms with Crippen LogP contribution in [-0.4, -0.2) is 18.6 Å². The van der Waals surface area contributed by atoms with Crippen molar-refractivity contribution in [2.45, 2.75) is 4.90 Å². The normalized spacial score (nSPS) is 14.6. The Morgan fingerprint density at radius 1 is 1.50 bits per heavy atom. The number of ether oxygens (including phenoxy) is 1. The molecule has 12 heavy (non-hydrogen) atoms. The highest BCUT2D eigenvalue weighted by molar-refractivity contribution is 8.00. The Morgan fingerprint density at radius 2 is 2.33 bits per heavy atom. The number of carbonyl (C=O) groups is 1. The minimum atomic E-state index is 0.203. The Bertz CT molecular complexity index is 333. The topological polar surface area (TPSA) is 26.3 Å². The molecule has 1 aliphatic rings. The predicted octanol–water partition coefficient (Wildman–Crippen LogP) is 1.98. The Labute approximate surface area is 74.9 Å². The van der Waals surface area contributed by atoms with Gasteiger partial charge < -0.3 is 4.74 Å². The summed E-state index contributed by atoms with van der Waals surface area (Å²) in [5.41, 5.74) is 0.805. The van der Waals surface area contributed by atoms with Gasteiger partial charge in [0, 0.05) is 5.56 Å². The zero-order valence-electron chi connectivity index (χ0n) is 6.66. The van der Waals surface area contributed by atoms with E-state index in [1.807, 2.05) is 18.2 Å². The second kappa shape index (κ2) is 2.83. The third-order valence-corrected chi connectivity index (χ3v) is 2.96. The lowest BCUT2D eigenvalue weighted by atomic mass is 10.1. The summed E-state index contributed by atoms with van der Waals surface area (Å²) < 4.78 is 5.13. The van der Waals surface area contributed by atoms with E-state index < -0.39 is 0 Å². The summed E-state index contributed by atoms with van der Waals surface area (Å²) >= 11 is 1.55. The first-order valence-corrected chi connectivity index (χ1v) is 4.64. The lowest BCUT2D eigenvalue weighted by molar-refractivity contribution is 0.102. The van der Waals surface area contributed by atoms with Crippen LogP contribution in [0.2, 0.25) is 0 Å². The molecule has 0 radical (unpaired) electrons. The van der Waals surface area contributed by atoms with Gasteiger partial charge in [-0.3, -0.25) is 4.79 Å². The molecule has 0 atom stereocenters. The van der Waals surface area contributed by atoms with Gasteiger partial charge in [0.25, 0.3) is 0 Å². The van der Waals surface area contributed by atoms with Gasteiger partial charge in [0.15, 0.2) is 5.78 Å². The number of rotatable bonds is 1. The Kier molecular flexibility index (Phi) is 1.81. The van der Waals surface area contributed by atoms with Crippen molar-refractivity contribution in [3.8, 4) is 5.75 Å². The van der Waals surface area contributed by atoms with Crippen LogP contribution in [0.3, 0.4) is 0 Å². The molecule has 2 rings (SSSR count). The van der Waals surface area contributed by atoms with Crippen molar-refractivity contribution in [1.29, 1.82) is 0 Å². The van der Waals surface area contributed by atoms with Crippen molar-refractivity contribution < 1.29 is 9.53 Å². The van der Waals surface area contributed by atoms with E-state index in [-0.39, 0.29) is 5.78 Å². The highest BCUT2D eigenvalue weighted by Gasteiger charge is 2.22. The van der Waals surface area contributed by atoms with Crippen LogP contribution in [-0.2, 0) is 0 Å². The van der Waals surface area contributed by atoms with Crippen LogP contribution in [0.4, 0.5) is 0 Å². The van der Waals surface area contributed by atoms with Crippen molar-refractivity contribution in [2.75, 3.05) is 12.9 Å². The predicted molar refractivity (Wildman–Crippen MR) is 48.0 cm³/mol. The van der Waals surface area contributed by atoms with Crippen molar-refractivity contribution >= 4 is 17.5 Å². The number of Topliss-reactive ketones (excluding diaryl/α,β-unsaturated/α-hetero) is 1. The van der Waals surface area contributed by atoms with Crippen LogP contribution >= 0.6 is 11.8 Å². The highest BCUT2D eigenvalue weighted by Crippen LogP contribution is 2.38. The molecule has 62 valence electrons. The molecule has 3 heteroatoms. The third-order valence-electron chi connectivity index (χ3n) is 1.85. The molecule has 0 saturated heterocycles. The lowest BCUT2D eigenvalue weighted by Crippen LogP contribution is -1.94. The second-order valence-electron chi connectivity index (χ2n) is 2.55. The van der Waals surface area contributed by atoms with Gasteiger partial charge in [-0.05, 0) is 12.1 Å². The van der Waals surface area contributed by atoms with Crippen molar-refractivity contribution in [2.24, 2.45) is 0 Å². The van der Waals surface area contributed by atoms with Gasteiger partial charge in [0.1, 0.15) is 5.75 Å². The first-order valence-electron chi connectivity index (χ1n) is 3.66. The van der Waals surface area contributed by atoms with Gasteiger partial charge in [-0.25, -0.2) is 0 Å². The van der Waals surface area contributed by atoms with E-state index in [0.717, 1.165) is 16.2 Å². The summed E-state index contributed by atoms with van der Waals surface area (Å²) in [6.45, 7) is 0. The zero-order valence-corrected chi connectivity index (χ0v) is 7.48. The Morgan fingerprint density at radius 3 is 3.08 bits per heavy atom. The molecule has 0 saturated carbocycles. The number of ketones is 1. The average molecular weight is 180 g/mol. The van der Waals surface area contributed by atoms with E-state index >= 15 is 0 Å². The number of benzene rings is 1. The maximum atomic E-state index is 11.3. The van der Waals surface area contributed by atoms with Crippen LogP contribution in [0.1, 0.15) is 10.4 Å². The summed E-state index contributed by atoms with van der Waals surface area (Å²) in [7, 11) is 1.62. The Hall–Kier alpha value is -0.960. The van der Waals surface area contributed by atoms with E-state index in [1.165, 1.54) is 0 Å². The minimum Gasteiger partial charge on any atom is -0.496 e. The molecule has 2 nitrogen and oxygen atoms in total. The fourth-order valence-electron chi connectivity index (χ4n) is 1.26. The fraction of sp³-hybridized carbons (Fsp3) is 0.222. The number of thioether (sulfide) groups is 1. The average Bonchev–Trinajstić information content (AvgIpc) is 2.48. The van der Waals surface area contributed by atoms with E-state index in [4.69, 9.17) is 4.74 Å². The first kappa shape index (κ1) is 7.68. The summed E-state index contributed by atoms with van der Waals surface area (Å²) in [6.07, 6.45) is 0. The number of methoxy groups -OCH3 is 1. The molecular formula is C9H8O2S. The number of fused-ring (bicyclic) bond motifs is 1. The van der Waals surface area contributed by atoms with Crippen molar-refractivity contribution in [3.05, 3.63) is 23.8 Å². The highest BCUT2D eigenvalue weighted by atomic mass is 32.2. The molecule has 0 fully saturated rings. The van der Waals surface area contributed by atoms with E-state index in [2.05, 4.69) is 0 Å². The standard InChI is InChI=1S/C9H8O2S/c1-11-8-4-2-3-6-7(10)5-12-9(6)8/h2-4H,5H2,1H3. The SMILES string of the molecule is COc1cccc2c1SCC2=O. The molecule has 0 spiro atoms. The van der Waals surface area contributed by atoms with E-state index in [1.54, 1.807) is 18.9 Å². The van der Waals surface area contributed by atoms with E-state index in [0.29, 0.717) is 5.75 Å². The minimum absolute atomic E-state index is 0.203. The Balaban J connectivity index is 2.58. The maximum absolute atomic E-state index is 11.3. The summed E-state index contributed by atoms with van der Waals surface area (Å²) in [5.74, 6) is 1.56. The molecule has 0 aromatic heterocycles. The summed E-state index contributed by atoms with van der Waals surface area (Å²) in [4.78, 5) is 12.2. The second-order valence-corrected chi connectivity index (χ2v) is 3.53. The molecule has 1 aliphatic heterocycles. The van der Waals surface area contributed by atoms with Gasteiger partial charge in [-0.1, -0.05) is 6.07 Å². The summed E-state index contributed by atoms with van der Waals surface area (Å²) in [5, 5.41) is 0. The monoisotopic (exact) mass is 180 g/mol. The van der Waals surface area contributed by atoms with Gasteiger partial charge in [-0.2, -0.15) is 0 Å². The van der Waals surface area contributed by atoms with Crippen molar-refractivity contribution in [3.63, 3.8) is 0 Å². The molecule has 0 amide bonds. The molecule has 1 aromatic rings. The van der Waals surface area contributed by atoms with Crippen LogP contribution in [0, 0.1) is 0 Å². The van der Waals surface area contributed by atoms with Gasteiger partial charge in [0.05, 0.1) is 17.8 Å². The molecule has 0 N–H and O–H groups in total. The van der Waals surface area contributed by atoms with Gasteiger partial charge in [0.2, 0.25) is 0 Å². The van der Waals surface area contributed by atoms with Gasteiger partial charge >= 0.3 is 0 Å². The first-order chi connectivity index (χ1) is 5.83. The largest absolute Gasteiger partial charge is 0.496 e. The van der Waals surface area contributed by atoms with Crippen molar-refractivity contribution in [1.82, 2.24) is 0 Å². The number of hydrogen-bond acceptors (Lipinski definition) is 3. The quantitative estimate of drug-likeness (QED) is 0.661. The lowest BCUT2D eigenvalue weighted by Gasteiger charge is -2.03. The maximum Gasteiger partial charge on any atom is 0.174 e.